The first-order valence-electron chi connectivity index (χ1n) is 12.4. The van der Waals surface area contributed by atoms with Gasteiger partial charge in [-0.05, 0) is 66.6 Å². The van der Waals surface area contributed by atoms with E-state index in [-0.39, 0.29) is 30.8 Å². The summed E-state index contributed by atoms with van der Waals surface area (Å²) in [7, 11) is 0. The average Bonchev–Trinajstić information content (AvgIpc) is 3.50. The lowest BCUT2D eigenvalue weighted by molar-refractivity contribution is 0.180. The van der Waals surface area contributed by atoms with Crippen LogP contribution < -0.4 is 5.32 Å². The number of aromatic nitrogens is 3. The van der Waals surface area contributed by atoms with Crippen molar-refractivity contribution in [2.45, 2.75) is 26.1 Å². The SMILES string of the molecule is Cc1nn(-c2ccccc2)c2c1CN(C(=O)NCc1ccc(F)cc1)[C@H](c1ccc(F)cc1)c1cccn1-2. The van der Waals surface area contributed by atoms with Gasteiger partial charge >= 0.3 is 6.03 Å². The Labute approximate surface area is 218 Å². The summed E-state index contributed by atoms with van der Waals surface area (Å²) in [5, 5.41) is 7.83. The van der Waals surface area contributed by atoms with E-state index in [2.05, 4.69) is 9.88 Å². The van der Waals surface area contributed by atoms with E-state index in [1.54, 1.807) is 29.2 Å². The van der Waals surface area contributed by atoms with E-state index in [0.717, 1.165) is 39.6 Å². The van der Waals surface area contributed by atoms with Crippen LogP contribution in [0.2, 0.25) is 0 Å². The molecule has 1 aliphatic heterocycles. The Morgan fingerprint density at radius 3 is 2.32 bits per heavy atom. The van der Waals surface area contributed by atoms with Crippen LogP contribution >= 0.6 is 0 Å². The molecular weight excluding hydrogens is 484 g/mol. The van der Waals surface area contributed by atoms with Gasteiger partial charge < -0.3 is 14.8 Å². The van der Waals surface area contributed by atoms with Crippen molar-refractivity contribution in [1.82, 2.24) is 24.6 Å². The minimum atomic E-state index is -0.491. The highest BCUT2D eigenvalue weighted by molar-refractivity contribution is 5.76. The summed E-state index contributed by atoms with van der Waals surface area (Å²) in [6, 6.07) is 25.3. The highest BCUT2D eigenvalue weighted by Crippen LogP contribution is 2.38. The van der Waals surface area contributed by atoms with E-state index >= 15 is 0 Å². The molecule has 3 aromatic carbocycles. The quantitative estimate of drug-likeness (QED) is 0.320. The van der Waals surface area contributed by atoms with Crippen molar-refractivity contribution in [2.75, 3.05) is 0 Å². The van der Waals surface area contributed by atoms with Gasteiger partial charge in [0.1, 0.15) is 17.5 Å². The van der Waals surface area contributed by atoms with E-state index in [4.69, 9.17) is 5.10 Å². The Hall–Kier alpha value is -4.72. The van der Waals surface area contributed by atoms with Crippen molar-refractivity contribution >= 4 is 6.03 Å². The van der Waals surface area contributed by atoms with Gasteiger partial charge in [0, 0.05) is 18.3 Å². The fourth-order valence-corrected chi connectivity index (χ4v) is 5.03. The third-order valence-corrected chi connectivity index (χ3v) is 6.89. The number of hydrogen-bond acceptors (Lipinski definition) is 2. The highest BCUT2D eigenvalue weighted by atomic mass is 19.1. The Morgan fingerprint density at radius 2 is 1.61 bits per heavy atom. The zero-order valence-electron chi connectivity index (χ0n) is 20.7. The number of nitrogens with one attached hydrogen (secondary N) is 1. The second kappa shape index (κ2) is 9.63. The number of halogens is 2. The Balaban J connectivity index is 1.47. The van der Waals surface area contributed by atoms with Crippen molar-refractivity contribution in [3.05, 3.63) is 137 Å². The second-order valence-electron chi connectivity index (χ2n) is 9.31. The minimum absolute atomic E-state index is 0.238. The van der Waals surface area contributed by atoms with E-state index in [1.165, 1.54) is 24.3 Å². The van der Waals surface area contributed by atoms with Crippen LogP contribution in [-0.4, -0.2) is 25.3 Å². The van der Waals surface area contributed by atoms with Crippen LogP contribution in [-0.2, 0) is 13.1 Å². The molecule has 0 fully saturated rings. The lowest BCUT2D eigenvalue weighted by Crippen LogP contribution is -2.41. The summed E-state index contributed by atoms with van der Waals surface area (Å²) < 4.78 is 31.2. The molecule has 0 unspecified atom stereocenters. The van der Waals surface area contributed by atoms with Crippen molar-refractivity contribution in [2.24, 2.45) is 0 Å². The number of carbonyl (C=O) groups excluding carboxylic acids is 1. The molecule has 2 aromatic heterocycles. The summed E-state index contributed by atoms with van der Waals surface area (Å²) in [6.45, 7) is 2.46. The van der Waals surface area contributed by atoms with Crippen LogP contribution in [0.3, 0.4) is 0 Å². The maximum Gasteiger partial charge on any atom is 0.318 e. The van der Waals surface area contributed by atoms with Crippen LogP contribution in [0.4, 0.5) is 13.6 Å². The molecule has 0 aliphatic carbocycles. The van der Waals surface area contributed by atoms with Gasteiger partial charge in [0.25, 0.3) is 0 Å². The van der Waals surface area contributed by atoms with Gasteiger partial charge in [-0.1, -0.05) is 42.5 Å². The van der Waals surface area contributed by atoms with E-state index in [9.17, 15) is 13.6 Å². The van der Waals surface area contributed by atoms with Crippen LogP contribution in [0.15, 0.2) is 97.2 Å². The summed E-state index contributed by atoms with van der Waals surface area (Å²) in [4.78, 5) is 15.6. The normalized spacial score (nSPS) is 14.5. The maximum absolute atomic E-state index is 13.9. The summed E-state index contributed by atoms with van der Waals surface area (Å²) >= 11 is 0. The van der Waals surface area contributed by atoms with Crippen molar-refractivity contribution in [3.8, 4) is 11.5 Å². The number of fused-ring (bicyclic) bond motifs is 3. The van der Waals surface area contributed by atoms with Crippen molar-refractivity contribution in [3.63, 3.8) is 0 Å². The zero-order valence-corrected chi connectivity index (χ0v) is 20.7. The van der Waals surface area contributed by atoms with Crippen LogP contribution in [0.5, 0.6) is 0 Å². The smallest absolute Gasteiger partial charge is 0.318 e. The van der Waals surface area contributed by atoms with Crippen LogP contribution in [0, 0.1) is 18.6 Å². The number of amides is 2. The molecule has 0 saturated carbocycles. The Kier molecular flexibility index (Phi) is 5.99. The lowest BCUT2D eigenvalue weighted by atomic mass is 10.0. The first kappa shape index (κ1) is 23.7. The zero-order chi connectivity index (χ0) is 26.2. The monoisotopic (exact) mass is 509 g/mol. The number of aryl methyl sites for hydroxylation is 1. The molecule has 38 heavy (non-hydrogen) atoms. The highest BCUT2D eigenvalue weighted by Gasteiger charge is 2.35. The molecule has 8 heteroatoms. The fraction of sp³-hybridized carbons (Fsp3) is 0.133. The third kappa shape index (κ3) is 4.24. The molecule has 0 radical (unpaired) electrons. The number of benzene rings is 3. The predicted molar refractivity (Wildman–Crippen MR) is 140 cm³/mol. The van der Waals surface area contributed by atoms with Gasteiger partial charge in [-0.3, -0.25) is 0 Å². The van der Waals surface area contributed by atoms with Crippen LogP contribution in [0.1, 0.15) is 34.1 Å². The molecule has 1 atom stereocenters. The van der Waals surface area contributed by atoms with Gasteiger partial charge in [0.15, 0.2) is 0 Å². The lowest BCUT2D eigenvalue weighted by Gasteiger charge is -2.31. The molecule has 190 valence electrons. The molecule has 1 N–H and O–H groups in total. The average molecular weight is 510 g/mol. The van der Waals surface area contributed by atoms with Gasteiger partial charge in [-0.15, -0.1) is 0 Å². The number of nitrogens with zero attached hydrogens (tertiary/aromatic N) is 4. The largest absolute Gasteiger partial charge is 0.334 e. The van der Waals surface area contributed by atoms with E-state index in [1.807, 2.05) is 60.3 Å². The summed E-state index contributed by atoms with van der Waals surface area (Å²) in [5.41, 5.74) is 5.04. The molecule has 6 rings (SSSR count). The van der Waals surface area contributed by atoms with Crippen molar-refractivity contribution in [1.29, 1.82) is 0 Å². The van der Waals surface area contributed by atoms with Gasteiger partial charge in [0.05, 0.1) is 29.7 Å². The first-order valence-corrected chi connectivity index (χ1v) is 12.4. The molecular formula is C30H25F2N5O. The van der Waals surface area contributed by atoms with Gasteiger partial charge in [-0.25, -0.2) is 18.3 Å². The van der Waals surface area contributed by atoms with E-state index in [0.29, 0.717) is 0 Å². The van der Waals surface area contributed by atoms with Gasteiger partial charge in [-0.2, -0.15) is 5.10 Å². The first-order chi connectivity index (χ1) is 18.5. The number of carbonyl (C=O) groups is 1. The number of para-hydroxylation sites is 1. The molecule has 2 amide bonds. The molecule has 0 spiro atoms. The number of rotatable bonds is 4. The summed E-state index contributed by atoms with van der Waals surface area (Å²) in [5.74, 6) is 0.182. The standard InChI is InChI=1S/C30H25F2N5O/c1-20-26-19-36(30(38)33-18-21-9-13-23(31)14-10-21)28(22-11-15-24(32)16-12-22)27-8-5-17-35(27)29(26)37(34-20)25-6-3-2-4-7-25/h2-17,28H,18-19H2,1H3,(H,33,38)/t28-/m1/s1. The molecule has 6 nitrogen and oxygen atoms in total. The Morgan fingerprint density at radius 1 is 0.921 bits per heavy atom. The molecule has 5 aromatic rings. The number of hydrogen-bond donors (Lipinski definition) is 1. The fourth-order valence-electron chi connectivity index (χ4n) is 5.03. The topological polar surface area (TPSA) is 55.1 Å². The van der Waals surface area contributed by atoms with E-state index < -0.39 is 6.04 Å². The predicted octanol–water partition coefficient (Wildman–Crippen LogP) is 6.06. The Bertz CT molecular complexity index is 1590. The number of urea groups is 1. The van der Waals surface area contributed by atoms with Crippen LogP contribution in [0.25, 0.3) is 11.5 Å². The third-order valence-electron chi connectivity index (χ3n) is 6.89. The van der Waals surface area contributed by atoms with Gasteiger partial charge in [0.2, 0.25) is 0 Å². The molecule has 1 aliphatic rings. The van der Waals surface area contributed by atoms with Crippen molar-refractivity contribution < 1.29 is 13.6 Å². The minimum Gasteiger partial charge on any atom is -0.334 e. The second-order valence-corrected chi connectivity index (χ2v) is 9.31. The molecule has 3 heterocycles. The summed E-state index contributed by atoms with van der Waals surface area (Å²) in [6.07, 6.45) is 1.96. The maximum atomic E-state index is 13.9. The molecule has 0 bridgehead atoms. The molecule has 0 saturated heterocycles.